The second-order valence-corrected chi connectivity index (χ2v) is 9.33. The molecule has 1 aromatic carbocycles. The van der Waals surface area contributed by atoms with Crippen LogP contribution in [0.15, 0.2) is 35.3 Å². The Balaban J connectivity index is 0.00000450. The first-order valence-corrected chi connectivity index (χ1v) is 12.2. The summed E-state index contributed by atoms with van der Waals surface area (Å²) in [4.78, 5) is 6.79. The summed E-state index contributed by atoms with van der Waals surface area (Å²) in [5.74, 6) is 1.30. The fourth-order valence-corrected chi connectivity index (χ4v) is 4.88. The van der Waals surface area contributed by atoms with Crippen LogP contribution in [0, 0.1) is 5.92 Å². The number of aliphatic imine (C=N–C) groups is 1. The molecule has 172 valence electrons. The van der Waals surface area contributed by atoms with E-state index in [1.54, 1.807) is 0 Å². The number of rotatable bonds is 11. The normalized spacial score (nSPS) is 17.3. The average Bonchev–Trinajstić information content (AvgIpc) is 3.17. The van der Waals surface area contributed by atoms with Gasteiger partial charge in [0, 0.05) is 38.6 Å². The monoisotopic (exact) mass is 552 g/mol. The van der Waals surface area contributed by atoms with E-state index in [2.05, 4.69) is 27.3 Å². The summed E-state index contributed by atoms with van der Waals surface area (Å²) in [6.07, 6.45) is 1.05. The van der Waals surface area contributed by atoms with Crippen LogP contribution in [0.4, 0.5) is 0 Å². The van der Waals surface area contributed by atoms with Gasteiger partial charge in [-0.15, -0.1) is 24.0 Å². The summed E-state index contributed by atoms with van der Waals surface area (Å²) in [5, 5.41) is 3.30. The highest BCUT2D eigenvalue weighted by Crippen LogP contribution is 2.17. The van der Waals surface area contributed by atoms with Crippen LogP contribution in [0.1, 0.15) is 32.8 Å². The molecule has 1 aromatic rings. The number of halogens is 1. The van der Waals surface area contributed by atoms with Gasteiger partial charge in [-0.2, -0.15) is 0 Å². The number of guanidine groups is 1. The van der Waals surface area contributed by atoms with Crippen molar-refractivity contribution in [3.63, 3.8) is 0 Å². The molecular weight excluding hydrogens is 515 g/mol. The molecule has 9 heteroatoms. The van der Waals surface area contributed by atoms with Gasteiger partial charge in [0.1, 0.15) is 0 Å². The maximum Gasteiger partial charge on any atom is 0.215 e. The SMILES string of the molecule is CCNC(=NCCS(=O)(=O)N(CC)CC)N1CCC(COCc2ccccc2)C1.I. The molecule has 1 aliphatic heterocycles. The van der Waals surface area contributed by atoms with Crippen LogP contribution < -0.4 is 5.32 Å². The zero-order chi connectivity index (χ0) is 21.1. The van der Waals surface area contributed by atoms with Gasteiger partial charge in [-0.3, -0.25) is 4.99 Å². The molecule has 0 radical (unpaired) electrons. The van der Waals surface area contributed by atoms with E-state index in [0.717, 1.165) is 38.6 Å². The molecule has 1 atom stereocenters. The quantitative estimate of drug-likeness (QED) is 0.260. The van der Waals surface area contributed by atoms with Crippen molar-refractivity contribution in [1.29, 1.82) is 0 Å². The Morgan fingerprint density at radius 1 is 1.23 bits per heavy atom. The number of ether oxygens (including phenoxy) is 1. The van der Waals surface area contributed by atoms with Crippen LogP contribution in [-0.2, 0) is 21.4 Å². The van der Waals surface area contributed by atoms with E-state index in [9.17, 15) is 8.42 Å². The lowest BCUT2D eigenvalue weighted by atomic mass is 10.1. The van der Waals surface area contributed by atoms with Crippen LogP contribution in [-0.4, -0.2) is 75.2 Å². The molecule has 0 saturated carbocycles. The summed E-state index contributed by atoms with van der Waals surface area (Å²) in [5.41, 5.74) is 1.19. The molecule has 1 N–H and O–H groups in total. The number of benzene rings is 1. The lowest BCUT2D eigenvalue weighted by Crippen LogP contribution is -2.41. The van der Waals surface area contributed by atoms with Gasteiger partial charge >= 0.3 is 0 Å². The van der Waals surface area contributed by atoms with Crippen molar-refractivity contribution in [1.82, 2.24) is 14.5 Å². The lowest BCUT2D eigenvalue weighted by molar-refractivity contribution is 0.0907. The molecule has 0 aliphatic carbocycles. The Bertz CT molecular complexity index is 727. The third kappa shape index (κ3) is 8.68. The number of sulfonamides is 1. The second kappa shape index (κ2) is 14.2. The summed E-state index contributed by atoms with van der Waals surface area (Å²) >= 11 is 0. The minimum absolute atomic E-state index is 0. The smallest absolute Gasteiger partial charge is 0.215 e. The Labute approximate surface area is 199 Å². The highest BCUT2D eigenvalue weighted by molar-refractivity contribution is 14.0. The highest BCUT2D eigenvalue weighted by atomic mass is 127. The van der Waals surface area contributed by atoms with Crippen LogP contribution >= 0.6 is 24.0 Å². The second-order valence-electron chi connectivity index (χ2n) is 7.24. The predicted molar refractivity (Wildman–Crippen MR) is 134 cm³/mol. The molecule has 0 bridgehead atoms. The van der Waals surface area contributed by atoms with Gasteiger partial charge in [-0.25, -0.2) is 12.7 Å². The van der Waals surface area contributed by atoms with E-state index in [0.29, 0.717) is 25.6 Å². The third-order valence-corrected chi connectivity index (χ3v) is 7.10. The van der Waals surface area contributed by atoms with Gasteiger partial charge in [0.2, 0.25) is 10.0 Å². The van der Waals surface area contributed by atoms with Crippen LogP contribution in [0.2, 0.25) is 0 Å². The van der Waals surface area contributed by atoms with Gasteiger partial charge in [-0.1, -0.05) is 44.2 Å². The Hall–Kier alpha value is -0.910. The van der Waals surface area contributed by atoms with Gasteiger partial charge < -0.3 is 15.0 Å². The largest absolute Gasteiger partial charge is 0.376 e. The maximum atomic E-state index is 12.3. The molecule has 1 unspecified atom stereocenters. The van der Waals surface area contributed by atoms with Crippen molar-refractivity contribution in [2.75, 3.05) is 51.6 Å². The molecule has 2 rings (SSSR count). The standard InChI is InChI=1S/C21H36N4O3S.HI/c1-4-22-21(23-13-15-29(26,27)25(5-2)6-3)24-14-12-20(16-24)18-28-17-19-10-8-7-9-11-19;/h7-11,20H,4-6,12-18H2,1-3H3,(H,22,23);1H. The van der Waals surface area contributed by atoms with Crippen LogP contribution in [0.5, 0.6) is 0 Å². The highest BCUT2D eigenvalue weighted by Gasteiger charge is 2.25. The van der Waals surface area contributed by atoms with Crippen LogP contribution in [0.3, 0.4) is 0 Å². The molecule has 1 heterocycles. The van der Waals surface area contributed by atoms with Gasteiger partial charge in [0.05, 0.1) is 25.5 Å². The van der Waals surface area contributed by atoms with E-state index in [1.165, 1.54) is 9.87 Å². The molecule has 1 fully saturated rings. The summed E-state index contributed by atoms with van der Waals surface area (Å²) in [6.45, 7) is 10.9. The predicted octanol–water partition coefficient (Wildman–Crippen LogP) is 2.78. The Morgan fingerprint density at radius 3 is 2.57 bits per heavy atom. The molecule has 0 amide bonds. The topological polar surface area (TPSA) is 74.2 Å². The number of nitrogens with zero attached hydrogens (tertiary/aromatic N) is 3. The van der Waals surface area contributed by atoms with Gasteiger partial charge in [0.25, 0.3) is 0 Å². The molecular formula is C21H37IN4O3S. The zero-order valence-corrected chi connectivity index (χ0v) is 21.6. The Morgan fingerprint density at radius 2 is 1.93 bits per heavy atom. The van der Waals surface area contributed by atoms with E-state index in [1.807, 2.05) is 39.0 Å². The lowest BCUT2D eigenvalue weighted by Gasteiger charge is -2.22. The molecule has 30 heavy (non-hydrogen) atoms. The first kappa shape index (κ1) is 27.1. The molecule has 1 aliphatic rings. The van der Waals surface area contributed by atoms with Crippen LogP contribution in [0.25, 0.3) is 0 Å². The summed E-state index contributed by atoms with van der Waals surface area (Å²) in [7, 11) is -3.25. The van der Waals surface area contributed by atoms with Crippen molar-refractivity contribution < 1.29 is 13.2 Å². The minimum atomic E-state index is -3.25. The van der Waals surface area contributed by atoms with E-state index < -0.39 is 10.0 Å². The third-order valence-electron chi connectivity index (χ3n) is 5.10. The minimum Gasteiger partial charge on any atom is -0.376 e. The van der Waals surface area contributed by atoms with E-state index >= 15 is 0 Å². The number of hydrogen-bond acceptors (Lipinski definition) is 4. The fraction of sp³-hybridized carbons (Fsp3) is 0.667. The molecule has 7 nitrogen and oxygen atoms in total. The molecule has 0 spiro atoms. The van der Waals surface area contributed by atoms with Crippen molar-refractivity contribution in [3.8, 4) is 0 Å². The number of nitrogens with one attached hydrogen (secondary N) is 1. The maximum absolute atomic E-state index is 12.3. The Kier molecular flexibility index (Phi) is 12.8. The van der Waals surface area contributed by atoms with E-state index in [-0.39, 0.29) is 36.3 Å². The first-order valence-electron chi connectivity index (χ1n) is 10.6. The van der Waals surface area contributed by atoms with Gasteiger partial charge in [0.15, 0.2) is 5.96 Å². The number of hydrogen-bond donors (Lipinski definition) is 1. The summed E-state index contributed by atoms with van der Waals surface area (Å²) in [6, 6.07) is 10.2. The van der Waals surface area contributed by atoms with Gasteiger partial charge in [-0.05, 0) is 18.9 Å². The zero-order valence-electron chi connectivity index (χ0n) is 18.4. The average molecular weight is 553 g/mol. The molecule has 0 aromatic heterocycles. The van der Waals surface area contributed by atoms with Crippen molar-refractivity contribution in [3.05, 3.63) is 35.9 Å². The van der Waals surface area contributed by atoms with E-state index in [4.69, 9.17) is 4.74 Å². The first-order chi connectivity index (χ1) is 14.0. The summed E-state index contributed by atoms with van der Waals surface area (Å²) < 4.78 is 32.1. The number of likely N-dealkylation sites (tertiary alicyclic amines) is 1. The molecule has 1 saturated heterocycles. The van der Waals surface area contributed by atoms with Crippen molar-refractivity contribution >= 4 is 40.0 Å². The van der Waals surface area contributed by atoms with Crippen molar-refractivity contribution in [2.24, 2.45) is 10.9 Å². The van der Waals surface area contributed by atoms with Crippen molar-refractivity contribution in [2.45, 2.75) is 33.8 Å². The fourth-order valence-electron chi connectivity index (χ4n) is 3.52.